The fraction of sp³-hybridized carbons (Fsp3) is 0.909. The van der Waals surface area contributed by atoms with Crippen LogP contribution in [0.4, 0.5) is 0 Å². The highest BCUT2D eigenvalue weighted by atomic mass is 16.2. The average Bonchev–Trinajstić information content (AvgIpc) is 2.67. The highest BCUT2D eigenvalue weighted by molar-refractivity contribution is 5.78. The minimum Gasteiger partial charge on any atom is -0.340 e. The molecule has 1 amide bonds. The van der Waals surface area contributed by atoms with Gasteiger partial charge in [-0.05, 0) is 38.5 Å². The Morgan fingerprint density at radius 2 is 2.21 bits per heavy atom. The minimum atomic E-state index is 0.345. The summed E-state index contributed by atoms with van der Waals surface area (Å²) >= 11 is 0. The molecular formula is C11H20N2O. The van der Waals surface area contributed by atoms with Gasteiger partial charge in [-0.15, -0.1) is 0 Å². The molecule has 2 N–H and O–H groups in total. The van der Waals surface area contributed by atoms with Crippen LogP contribution in [0.2, 0.25) is 0 Å². The van der Waals surface area contributed by atoms with Gasteiger partial charge in [0.15, 0.2) is 0 Å². The molecule has 0 aromatic rings. The molecule has 3 nitrogen and oxygen atoms in total. The topological polar surface area (TPSA) is 46.3 Å². The van der Waals surface area contributed by atoms with Gasteiger partial charge in [-0.1, -0.05) is 0 Å². The first kappa shape index (κ1) is 9.97. The van der Waals surface area contributed by atoms with Crippen LogP contribution >= 0.6 is 0 Å². The molecule has 1 saturated carbocycles. The maximum atomic E-state index is 11.5. The summed E-state index contributed by atoms with van der Waals surface area (Å²) in [5.74, 6) is 1.01. The molecule has 0 aromatic carbocycles. The van der Waals surface area contributed by atoms with Crippen LogP contribution in [0.1, 0.15) is 39.0 Å². The third kappa shape index (κ3) is 1.92. The van der Waals surface area contributed by atoms with Gasteiger partial charge in [0, 0.05) is 25.0 Å². The number of carbonyl (C=O) groups excluding carboxylic acids is 1. The van der Waals surface area contributed by atoms with Crippen molar-refractivity contribution in [2.45, 2.75) is 51.1 Å². The van der Waals surface area contributed by atoms with Crippen LogP contribution in [-0.2, 0) is 4.79 Å². The molecule has 1 aliphatic carbocycles. The van der Waals surface area contributed by atoms with Crippen molar-refractivity contribution >= 4 is 5.91 Å². The molecule has 0 radical (unpaired) electrons. The number of rotatable bonds is 2. The SMILES string of the molecule is CC1CCC(=O)N1CC1CCC(N)C1. The van der Waals surface area contributed by atoms with Crippen LogP contribution in [0.15, 0.2) is 0 Å². The van der Waals surface area contributed by atoms with Crippen molar-refractivity contribution in [3.8, 4) is 0 Å². The van der Waals surface area contributed by atoms with Gasteiger partial charge in [-0.25, -0.2) is 0 Å². The Balaban J connectivity index is 1.87. The molecule has 1 saturated heterocycles. The van der Waals surface area contributed by atoms with Crippen molar-refractivity contribution in [1.82, 2.24) is 4.90 Å². The Morgan fingerprint density at radius 3 is 2.71 bits per heavy atom. The number of nitrogens with two attached hydrogens (primary N) is 1. The average molecular weight is 196 g/mol. The molecule has 3 atom stereocenters. The van der Waals surface area contributed by atoms with Crippen LogP contribution in [0.3, 0.4) is 0 Å². The molecule has 3 heteroatoms. The monoisotopic (exact) mass is 196 g/mol. The molecule has 0 spiro atoms. The summed E-state index contributed by atoms with van der Waals surface area (Å²) in [6.45, 7) is 3.10. The van der Waals surface area contributed by atoms with Crippen LogP contribution in [0.5, 0.6) is 0 Å². The van der Waals surface area contributed by atoms with E-state index in [1.807, 2.05) is 0 Å². The van der Waals surface area contributed by atoms with Crippen molar-refractivity contribution in [2.75, 3.05) is 6.54 Å². The van der Waals surface area contributed by atoms with E-state index >= 15 is 0 Å². The number of hydrogen-bond acceptors (Lipinski definition) is 2. The molecule has 1 heterocycles. The Labute approximate surface area is 85.6 Å². The zero-order chi connectivity index (χ0) is 10.1. The quantitative estimate of drug-likeness (QED) is 0.719. The number of nitrogens with zero attached hydrogens (tertiary/aromatic N) is 1. The van der Waals surface area contributed by atoms with Crippen LogP contribution < -0.4 is 5.73 Å². The van der Waals surface area contributed by atoms with Crippen LogP contribution in [0, 0.1) is 5.92 Å². The second-order valence-corrected chi connectivity index (χ2v) is 4.87. The van der Waals surface area contributed by atoms with Gasteiger partial charge in [-0.2, -0.15) is 0 Å². The summed E-state index contributed by atoms with van der Waals surface area (Å²) in [6, 6.07) is 0.840. The predicted molar refractivity (Wildman–Crippen MR) is 55.7 cm³/mol. The molecule has 0 bridgehead atoms. The first-order valence-electron chi connectivity index (χ1n) is 5.72. The van der Waals surface area contributed by atoms with Crippen molar-refractivity contribution in [3.05, 3.63) is 0 Å². The lowest BCUT2D eigenvalue weighted by molar-refractivity contribution is -0.129. The molecule has 0 aromatic heterocycles. The lowest BCUT2D eigenvalue weighted by Gasteiger charge is -2.25. The van der Waals surface area contributed by atoms with E-state index in [9.17, 15) is 4.79 Å². The van der Waals surface area contributed by atoms with Crippen molar-refractivity contribution in [3.63, 3.8) is 0 Å². The van der Waals surface area contributed by atoms with Crippen molar-refractivity contribution in [1.29, 1.82) is 0 Å². The zero-order valence-corrected chi connectivity index (χ0v) is 8.91. The summed E-state index contributed by atoms with van der Waals surface area (Å²) in [6.07, 6.45) is 5.24. The lowest BCUT2D eigenvalue weighted by Crippen LogP contribution is -2.35. The number of hydrogen-bond donors (Lipinski definition) is 1. The smallest absolute Gasteiger partial charge is 0.222 e. The fourth-order valence-corrected chi connectivity index (χ4v) is 2.72. The van der Waals surface area contributed by atoms with E-state index in [1.54, 1.807) is 0 Å². The largest absolute Gasteiger partial charge is 0.340 e. The number of likely N-dealkylation sites (tertiary alicyclic amines) is 1. The molecule has 3 unspecified atom stereocenters. The Hall–Kier alpha value is -0.570. The highest BCUT2D eigenvalue weighted by Gasteiger charge is 2.31. The first-order chi connectivity index (χ1) is 6.66. The molecule has 2 aliphatic rings. The highest BCUT2D eigenvalue weighted by Crippen LogP contribution is 2.28. The third-order valence-corrected chi connectivity index (χ3v) is 3.67. The van der Waals surface area contributed by atoms with E-state index in [0.717, 1.165) is 32.2 Å². The van der Waals surface area contributed by atoms with Crippen LogP contribution in [-0.4, -0.2) is 29.4 Å². The standard InChI is InChI=1S/C11H20N2O/c1-8-2-5-11(14)13(8)7-9-3-4-10(12)6-9/h8-10H,2-7,12H2,1H3. The maximum absolute atomic E-state index is 11.5. The van der Waals surface area contributed by atoms with Gasteiger partial charge in [0.2, 0.25) is 5.91 Å². The van der Waals surface area contributed by atoms with E-state index in [2.05, 4.69) is 11.8 Å². The van der Waals surface area contributed by atoms with Crippen molar-refractivity contribution < 1.29 is 4.79 Å². The van der Waals surface area contributed by atoms with Gasteiger partial charge in [0.1, 0.15) is 0 Å². The molecule has 80 valence electrons. The zero-order valence-electron chi connectivity index (χ0n) is 8.91. The fourth-order valence-electron chi connectivity index (χ4n) is 2.72. The Kier molecular flexibility index (Phi) is 2.77. The van der Waals surface area contributed by atoms with E-state index in [-0.39, 0.29) is 0 Å². The summed E-state index contributed by atoms with van der Waals surface area (Å²) in [7, 11) is 0. The second kappa shape index (κ2) is 3.89. The summed E-state index contributed by atoms with van der Waals surface area (Å²) in [5.41, 5.74) is 5.87. The molecule has 14 heavy (non-hydrogen) atoms. The van der Waals surface area contributed by atoms with Gasteiger partial charge >= 0.3 is 0 Å². The lowest BCUT2D eigenvalue weighted by atomic mass is 10.1. The predicted octanol–water partition coefficient (Wildman–Crippen LogP) is 1.12. The molecule has 2 fully saturated rings. The molecular weight excluding hydrogens is 176 g/mol. The summed E-state index contributed by atoms with van der Waals surface area (Å²) in [5, 5.41) is 0. The van der Waals surface area contributed by atoms with Crippen LogP contribution in [0.25, 0.3) is 0 Å². The molecule has 1 aliphatic heterocycles. The normalized spacial score (nSPS) is 38.3. The Bertz CT molecular complexity index is 229. The van der Waals surface area contributed by atoms with Gasteiger partial charge < -0.3 is 10.6 Å². The minimum absolute atomic E-state index is 0.345. The maximum Gasteiger partial charge on any atom is 0.222 e. The third-order valence-electron chi connectivity index (χ3n) is 3.67. The summed E-state index contributed by atoms with van der Waals surface area (Å²) < 4.78 is 0. The Morgan fingerprint density at radius 1 is 1.43 bits per heavy atom. The van der Waals surface area contributed by atoms with E-state index in [1.165, 1.54) is 6.42 Å². The van der Waals surface area contributed by atoms with Crippen molar-refractivity contribution in [2.24, 2.45) is 11.7 Å². The second-order valence-electron chi connectivity index (χ2n) is 4.87. The van der Waals surface area contributed by atoms with Gasteiger partial charge in [0.25, 0.3) is 0 Å². The van der Waals surface area contributed by atoms with Gasteiger partial charge in [-0.3, -0.25) is 4.79 Å². The number of amides is 1. The van der Waals surface area contributed by atoms with E-state index in [0.29, 0.717) is 23.9 Å². The first-order valence-corrected chi connectivity index (χ1v) is 5.72. The molecule has 2 rings (SSSR count). The van der Waals surface area contributed by atoms with E-state index in [4.69, 9.17) is 5.73 Å². The number of carbonyl (C=O) groups is 1. The van der Waals surface area contributed by atoms with Gasteiger partial charge in [0.05, 0.1) is 0 Å². The summed E-state index contributed by atoms with van der Waals surface area (Å²) in [4.78, 5) is 13.6. The van der Waals surface area contributed by atoms with E-state index < -0.39 is 0 Å².